The highest BCUT2D eigenvalue weighted by Crippen LogP contribution is 2.38. The molecule has 0 radical (unpaired) electrons. The van der Waals surface area contributed by atoms with E-state index in [1.165, 1.54) is 17.7 Å². The Hall–Kier alpha value is -1.14. The third-order valence-electron chi connectivity index (χ3n) is 6.32. The second-order valence-electron chi connectivity index (χ2n) is 10.2. The number of hydrogen-bond acceptors (Lipinski definition) is 4. The van der Waals surface area contributed by atoms with Gasteiger partial charge in [-0.25, -0.2) is 9.69 Å². The molecule has 168 valence electrons. The van der Waals surface area contributed by atoms with Crippen molar-refractivity contribution >= 4 is 20.3 Å². The molecule has 0 unspecified atom stereocenters. The number of amides is 2. The average Bonchev–Trinajstić information content (AvgIpc) is 2.99. The van der Waals surface area contributed by atoms with Gasteiger partial charge in [-0.1, -0.05) is 66.9 Å². The van der Waals surface area contributed by atoms with Crippen LogP contribution < -0.4 is 0 Å². The fourth-order valence-corrected chi connectivity index (χ4v) is 4.59. The summed E-state index contributed by atoms with van der Waals surface area (Å²) in [6.07, 6.45) is 6.72. The van der Waals surface area contributed by atoms with Crippen LogP contribution in [0.3, 0.4) is 0 Å². The maximum absolute atomic E-state index is 12.9. The summed E-state index contributed by atoms with van der Waals surface area (Å²) < 4.78 is 11.8. The van der Waals surface area contributed by atoms with Gasteiger partial charge in [-0.3, -0.25) is 4.79 Å². The first-order valence-corrected chi connectivity index (χ1v) is 14.1. The lowest BCUT2D eigenvalue weighted by atomic mass is 10.0. The number of hydrogen-bond donors (Lipinski definition) is 0. The second kappa shape index (κ2) is 10.8. The number of carbonyl (C=O) groups excluding carboxylic acids is 2. The zero-order valence-electron chi connectivity index (χ0n) is 20.1. The number of carbonyl (C=O) groups is 2. The predicted octanol–water partition coefficient (Wildman–Crippen LogP) is 6.30. The van der Waals surface area contributed by atoms with E-state index in [-0.39, 0.29) is 35.6 Å². The van der Waals surface area contributed by atoms with Crippen molar-refractivity contribution < 1.29 is 18.8 Å². The molecule has 0 N–H and O–H groups in total. The first kappa shape index (κ1) is 25.9. The smallest absolute Gasteiger partial charge is 0.417 e. The summed E-state index contributed by atoms with van der Waals surface area (Å²) in [5, 5.41) is 0.147. The standard InChI is InChI=1S/C23H43NO4Si/c1-10-11-12-13-19(28-29(8,9)23(5,6)7)15-14-18(4)21(25)24-20(17(2)3)16-27-22(24)26/h14,17,19-20H,10-13,15-16H2,1-9H3/b18-14+/t19-,20+/m1/s1. The zero-order valence-corrected chi connectivity index (χ0v) is 21.1. The van der Waals surface area contributed by atoms with Crippen LogP contribution in [-0.2, 0) is 14.0 Å². The molecule has 2 atom stereocenters. The summed E-state index contributed by atoms with van der Waals surface area (Å²) in [5.41, 5.74) is 0.592. The van der Waals surface area contributed by atoms with Gasteiger partial charge < -0.3 is 9.16 Å². The van der Waals surface area contributed by atoms with Crippen molar-refractivity contribution in [1.29, 1.82) is 0 Å². The monoisotopic (exact) mass is 425 g/mol. The molecule has 0 aromatic rings. The van der Waals surface area contributed by atoms with Crippen LogP contribution in [0.1, 0.15) is 80.6 Å². The molecule has 5 nitrogen and oxygen atoms in total. The first-order valence-electron chi connectivity index (χ1n) is 11.2. The molecule has 1 fully saturated rings. The fraction of sp³-hybridized carbons (Fsp3) is 0.826. The Morgan fingerprint density at radius 1 is 1.31 bits per heavy atom. The van der Waals surface area contributed by atoms with Gasteiger partial charge in [0.15, 0.2) is 8.32 Å². The van der Waals surface area contributed by atoms with Gasteiger partial charge in [0.25, 0.3) is 5.91 Å². The third-order valence-corrected chi connectivity index (χ3v) is 10.9. The van der Waals surface area contributed by atoms with Gasteiger partial charge in [0.1, 0.15) is 6.61 Å². The highest BCUT2D eigenvalue weighted by molar-refractivity contribution is 6.74. The largest absolute Gasteiger partial charge is 0.447 e. The lowest BCUT2D eigenvalue weighted by Crippen LogP contribution is -2.44. The van der Waals surface area contributed by atoms with Gasteiger partial charge in [-0.2, -0.15) is 0 Å². The Kier molecular flexibility index (Phi) is 9.60. The van der Waals surface area contributed by atoms with Crippen LogP contribution in [0.15, 0.2) is 11.6 Å². The molecule has 0 bridgehead atoms. The number of nitrogens with zero attached hydrogens (tertiary/aromatic N) is 1. The van der Waals surface area contributed by atoms with Gasteiger partial charge in [-0.05, 0) is 43.8 Å². The number of rotatable bonds is 10. The van der Waals surface area contributed by atoms with Crippen LogP contribution >= 0.6 is 0 Å². The topological polar surface area (TPSA) is 55.8 Å². The minimum Gasteiger partial charge on any atom is -0.447 e. The van der Waals surface area contributed by atoms with Crippen LogP contribution in [0.4, 0.5) is 4.79 Å². The lowest BCUT2D eigenvalue weighted by molar-refractivity contribution is -0.125. The summed E-state index contributed by atoms with van der Waals surface area (Å²) >= 11 is 0. The van der Waals surface area contributed by atoms with Crippen molar-refractivity contribution in [1.82, 2.24) is 4.90 Å². The summed E-state index contributed by atoms with van der Waals surface area (Å²) in [7, 11) is -1.89. The quantitative estimate of drug-likeness (QED) is 0.234. The minimum atomic E-state index is -1.89. The fourth-order valence-electron chi connectivity index (χ4n) is 3.19. The average molecular weight is 426 g/mol. The van der Waals surface area contributed by atoms with Crippen molar-refractivity contribution in [3.05, 3.63) is 11.6 Å². The molecule has 0 aliphatic carbocycles. The molecule has 6 heteroatoms. The molecule has 0 aromatic heterocycles. The van der Waals surface area contributed by atoms with E-state index in [1.54, 1.807) is 6.92 Å². The predicted molar refractivity (Wildman–Crippen MR) is 121 cm³/mol. The third kappa shape index (κ3) is 7.25. The van der Waals surface area contributed by atoms with E-state index in [2.05, 4.69) is 40.8 Å². The maximum Gasteiger partial charge on any atom is 0.417 e. The van der Waals surface area contributed by atoms with Crippen LogP contribution in [-0.4, -0.2) is 44.0 Å². The Morgan fingerprint density at radius 3 is 2.45 bits per heavy atom. The van der Waals surface area contributed by atoms with E-state index in [1.807, 2.05) is 19.9 Å². The van der Waals surface area contributed by atoms with E-state index in [0.717, 1.165) is 12.8 Å². The number of ether oxygens (including phenoxy) is 1. The normalized spacial score (nSPS) is 19.7. The zero-order chi connectivity index (χ0) is 22.4. The molecule has 1 aliphatic heterocycles. The van der Waals surface area contributed by atoms with Crippen LogP contribution in [0, 0.1) is 5.92 Å². The number of unbranched alkanes of at least 4 members (excludes halogenated alkanes) is 2. The van der Waals surface area contributed by atoms with Crippen LogP contribution in [0.5, 0.6) is 0 Å². The summed E-state index contributed by atoms with van der Waals surface area (Å²) in [6.45, 7) is 19.6. The molecule has 1 rings (SSSR count). The summed E-state index contributed by atoms with van der Waals surface area (Å²) in [6, 6.07) is -0.192. The summed E-state index contributed by atoms with van der Waals surface area (Å²) in [4.78, 5) is 26.3. The highest BCUT2D eigenvalue weighted by atomic mass is 28.4. The minimum absolute atomic E-state index is 0.108. The van der Waals surface area contributed by atoms with Gasteiger partial charge in [-0.15, -0.1) is 0 Å². The van der Waals surface area contributed by atoms with E-state index in [4.69, 9.17) is 9.16 Å². The van der Waals surface area contributed by atoms with Crippen molar-refractivity contribution in [2.24, 2.45) is 5.92 Å². The lowest BCUT2D eigenvalue weighted by Gasteiger charge is -2.39. The van der Waals surface area contributed by atoms with Crippen molar-refractivity contribution in [2.45, 2.75) is 111 Å². The molecule has 29 heavy (non-hydrogen) atoms. The molecule has 1 heterocycles. The van der Waals surface area contributed by atoms with Gasteiger partial charge >= 0.3 is 6.09 Å². The van der Waals surface area contributed by atoms with E-state index in [9.17, 15) is 9.59 Å². The summed E-state index contributed by atoms with van der Waals surface area (Å²) in [5.74, 6) is -0.0762. The first-order chi connectivity index (χ1) is 13.3. The van der Waals surface area contributed by atoms with Gasteiger partial charge in [0, 0.05) is 11.7 Å². The Bertz CT molecular complexity index is 592. The van der Waals surface area contributed by atoms with Crippen molar-refractivity contribution in [2.75, 3.05) is 6.61 Å². The Labute approximate surface area is 179 Å². The number of cyclic esters (lactones) is 1. The van der Waals surface area contributed by atoms with E-state index >= 15 is 0 Å². The highest BCUT2D eigenvalue weighted by Gasteiger charge is 2.40. The Balaban J connectivity index is 2.90. The molecule has 0 spiro atoms. The molecule has 1 aliphatic rings. The van der Waals surface area contributed by atoms with Crippen molar-refractivity contribution in [3.8, 4) is 0 Å². The molecule has 0 saturated carbocycles. The van der Waals surface area contributed by atoms with Crippen LogP contribution in [0.25, 0.3) is 0 Å². The molecule has 0 aromatic carbocycles. The van der Waals surface area contributed by atoms with Gasteiger partial charge in [0.2, 0.25) is 0 Å². The van der Waals surface area contributed by atoms with Crippen molar-refractivity contribution in [3.63, 3.8) is 0 Å². The van der Waals surface area contributed by atoms with Crippen LogP contribution in [0.2, 0.25) is 18.1 Å². The molecule has 1 saturated heterocycles. The molecule has 2 amide bonds. The molecular formula is C23H43NO4Si. The van der Waals surface area contributed by atoms with E-state index in [0.29, 0.717) is 12.0 Å². The van der Waals surface area contributed by atoms with E-state index < -0.39 is 14.4 Å². The number of imide groups is 1. The second-order valence-corrected chi connectivity index (χ2v) is 14.9. The SMILES string of the molecule is CCCCC[C@H](C/C=C(\C)C(=O)N1C(=O)OC[C@H]1C(C)C)O[Si](C)(C)C(C)(C)C. The Morgan fingerprint density at radius 2 is 1.93 bits per heavy atom. The van der Waals surface area contributed by atoms with Gasteiger partial charge in [0.05, 0.1) is 6.04 Å². The molecular weight excluding hydrogens is 382 g/mol. The maximum atomic E-state index is 12.9.